The number of carbonyl (C=O) groups excluding carboxylic acids is 1. The zero-order valence-corrected chi connectivity index (χ0v) is 20.8. The van der Waals surface area contributed by atoms with Crippen LogP contribution in [0.4, 0.5) is 5.95 Å². The summed E-state index contributed by atoms with van der Waals surface area (Å²) in [6, 6.07) is 4.29. The van der Waals surface area contributed by atoms with E-state index in [1.54, 1.807) is 34.4 Å². The molecule has 1 fully saturated rings. The number of rotatable bonds is 8. The van der Waals surface area contributed by atoms with Gasteiger partial charge in [0.05, 0.1) is 22.9 Å². The topological polar surface area (TPSA) is 142 Å². The summed E-state index contributed by atoms with van der Waals surface area (Å²) in [5, 5.41) is 8.64. The van der Waals surface area contributed by atoms with Crippen LogP contribution in [-0.4, -0.2) is 58.8 Å². The molecule has 11 heteroatoms. The van der Waals surface area contributed by atoms with Gasteiger partial charge >= 0.3 is 0 Å². The van der Waals surface area contributed by atoms with Crippen LogP contribution < -0.4 is 5.73 Å². The molecule has 5 rings (SSSR count). The number of amides is 1. The van der Waals surface area contributed by atoms with E-state index >= 15 is 0 Å². The minimum Gasteiger partial charge on any atom is -0.368 e. The van der Waals surface area contributed by atoms with Gasteiger partial charge in [0.1, 0.15) is 6.54 Å². The van der Waals surface area contributed by atoms with Gasteiger partial charge in [-0.3, -0.25) is 14.5 Å². The van der Waals surface area contributed by atoms with Crippen LogP contribution in [0, 0.1) is 5.92 Å². The van der Waals surface area contributed by atoms with E-state index in [0.29, 0.717) is 23.3 Å². The molecule has 186 valence electrons. The van der Waals surface area contributed by atoms with Crippen LogP contribution in [0.15, 0.2) is 47.6 Å². The molecular weight excluding hydrogens is 458 g/mol. The molecule has 4 aromatic rings. The predicted molar refractivity (Wildman–Crippen MR) is 132 cm³/mol. The number of anilines is 1. The van der Waals surface area contributed by atoms with Gasteiger partial charge in [0.2, 0.25) is 11.9 Å². The van der Waals surface area contributed by atoms with Gasteiger partial charge in [0.15, 0.2) is 5.82 Å². The smallest absolute Gasteiger partial charge is 0.261 e. The van der Waals surface area contributed by atoms with Crippen molar-refractivity contribution >= 4 is 11.9 Å². The lowest BCUT2D eigenvalue weighted by Crippen LogP contribution is -2.32. The molecular formula is C25H29N9O2. The molecule has 0 aliphatic heterocycles. The lowest BCUT2D eigenvalue weighted by molar-refractivity contribution is -0.131. The fraction of sp³-hybridized carbons (Fsp3) is 0.400. The Balaban J connectivity index is 1.37. The minimum atomic E-state index is -0.552. The first-order chi connectivity index (χ1) is 17.3. The molecule has 4 heterocycles. The van der Waals surface area contributed by atoms with Crippen molar-refractivity contribution in [3.8, 4) is 22.7 Å². The molecule has 1 saturated carbocycles. The molecule has 0 aromatic carbocycles. The van der Waals surface area contributed by atoms with Gasteiger partial charge in [-0.2, -0.15) is 10.1 Å². The molecule has 11 nitrogen and oxygen atoms in total. The van der Waals surface area contributed by atoms with Crippen molar-refractivity contribution in [2.24, 2.45) is 5.92 Å². The average Bonchev–Trinajstić information content (AvgIpc) is 3.42. The van der Waals surface area contributed by atoms with Crippen molar-refractivity contribution in [1.29, 1.82) is 0 Å². The van der Waals surface area contributed by atoms with Gasteiger partial charge in [0, 0.05) is 43.4 Å². The largest absolute Gasteiger partial charge is 0.368 e. The molecule has 0 radical (unpaired) electrons. The molecule has 36 heavy (non-hydrogen) atoms. The highest BCUT2D eigenvalue weighted by Gasteiger charge is 2.38. The summed E-state index contributed by atoms with van der Waals surface area (Å²) >= 11 is 0. The quantitative estimate of drug-likeness (QED) is 0.397. The van der Waals surface area contributed by atoms with Gasteiger partial charge in [-0.25, -0.2) is 9.97 Å². The third-order valence-electron chi connectivity index (χ3n) is 7.04. The van der Waals surface area contributed by atoms with Crippen LogP contribution in [0.25, 0.3) is 22.7 Å². The highest BCUT2D eigenvalue weighted by molar-refractivity contribution is 5.76. The van der Waals surface area contributed by atoms with Gasteiger partial charge in [-0.05, 0) is 37.3 Å². The molecule has 1 unspecified atom stereocenters. The van der Waals surface area contributed by atoms with Crippen molar-refractivity contribution in [2.75, 3.05) is 12.8 Å². The van der Waals surface area contributed by atoms with Crippen molar-refractivity contribution in [2.45, 2.75) is 51.6 Å². The molecule has 0 bridgehead atoms. The Morgan fingerprint density at radius 3 is 2.56 bits per heavy atom. The number of likely N-dealkylation sites (N-methyl/N-ethyl adjacent to an activating group) is 1. The number of carbonyl (C=O) groups is 1. The number of aromatic nitrogens is 7. The standard InChI is InChI=1S/C25H29N9O2/c1-15(2)25(3,18-5-8-20(27-12-18)16-9-28-24(26)29-10-16)23-31-22(36-32-23)17-11-30-34(13-17)14-21(35)33(4)19-6-7-19/h5,8-13,15,19H,6-7,14H2,1-4H3,(H2,26,28,29). The van der Waals surface area contributed by atoms with Crippen molar-refractivity contribution in [3.05, 3.63) is 54.5 Å². The summed E-state index contributed by atoms with van der Waals surface area (Å²) in [5.41, 5.74) is 8.18. The monoisotopic (exact) mass is 487 g/mol. The van der Waals surface area contributed by atoms with Crippen molar-refractivity contribution in [3.63, 3.8) is 0 Å². The highest BCUT2D eigenvalue weighted by Crippen LogP contribution is 2.38. The summed E-state index contributed by atoms with van der Waals surface area (Å²) in [6.45, 7) is 6.47. The van der Waals surface area contributed by atoms with E-state index in [1.165, 1.54) is 0 Å². The molecule has 0 saturated heterocycles. The Bertz CT molecular complexity index is 1360. The fourth-order valence-electron chi connectivity index (χ4n) is 4.09. The zero-order valence-electron chi connectivity index (χ0n) is 20.8. The van der Waals surface area contributed by atoms with Crippen LogP contribution in [0.3, 0.4) is 0 Å². The second-order valence-corrected chi connectivity index (χ2v) is 9.70. The minimum absolute atomic E-state index is 0.0345. The molecule has 4 aromatic heterocycles. The number of pyridine rings is 1. The van der Waals surface area contributed by atoms with Gasteiger partial charge in [-0.15, -0.1) is 0 Å². The van der Waals surface area contributed by atoms with E-state index in [9.17, 15) is 4.79 Å². The molecule has 1 atom stereocenters. The Hall–Kier alpha value is -4.15. The SMILES string of the molecule is CC(C)C(C)(c1ccc(-c2cnc(N)nc2)nc1)c1noc(-c2cnn(CC(=O)N(C)C3CC3)c2)n1. The second-order valence-electron chi connectivity index (χ2n) is 9.70. The van der Waals surface area contributed by atoms with Gasteiger partial charge in [-0.1, -0.05) is 25.1 Å². The van der Waals surface area contributed by atoms with E-state index in [1.807, 2.05) is 25.4 Å². The van der Waals surface area contributed by atoms with E-state index in [0.717, 1.165) is 29.7 Å². The summed E-state index contributed by atoms with van der Waals surface area (Å²) in [5.74, 6) is 1.31. The number of nitrogens with zero attached hydrogens (tertiary/aromatic N) is 8. The first-order valence-electron chi connectivity index (χ1n) is 11.9. The van der Waals surface area contributed by atoms with Gasteiger partial charge < -0.3 is 15.2 Å². The first kappa shape index (κ1) is 23.6. The Morgan fingerprint density at radius 2 is 1.92 bits per heavy atom. The molecule has 1 aliphatic rings. The maximum absolute atomic E-state index is 12.4. The Kier molecular flexibility index (Phi) is 5.99. The maximum atomic E-state index is 12.4. The summed E-state index contributed by atoms with van der Waals surface area (Å²) in [7, 11) is 1.84. The third-order valence-corrected chi connectivity index (χ3v) is 7.04. The lowest BCUT2D eigenvalue weighted by Gasteiger charge is -2.30. The number of hydrogen-bond acceptors (Lipinski definition) is 9. The van der Waals surface area contributed by atoms with E-state index in [2.05, 4.69) is 46.0 Å². The predicted octanol–water partition coefficient (Wildman–Crippen LogP) is 2.95. The number of nitrogen functional groups attached to an aromatic ring is 1. The molecule has 0 spiro atoms. The second kappa shape index (κ2) is 9.14. The maximum Gasteiger partial charge on any atom is 0.261 e. The van der Waals surface area contributed by atoms with Crippen LogP contribution in [-0.2, 0) is 16.8 Å². The normalized spacial score (nSPS) is 15.1. The third kappa shape index (κ3) is 4.43. The van der Waals surface area contributed by atoms with Crippen LogP contribution in [0.1, 0.15) is 45.0 Å². The Morgan fingerprint density at radius 1 is 1.17 bits per heavy atom. The number of hydrogen-bond donors (Lipinski definition) is 1. The fourth-order valence-corrected chi connectivity index (χ4v) is 4.09. The van der Waals surface area contributed by atoms with E-state index in [4.69, 9.17) is 15.2 Å². The molecule has 1 amide bonds. The average molecular weight is 488 g/mol. The van der Waals surface area contributed by atoms with E-state index in [-0.39, 0.29) is 24.3 Å². The molecule has 1 aliphatic carbocycles. The summed E-state index contributed by atoms with van der Waals surface area (Å²) in [6.07, 6.45) is 10.7. The summed E-state index contributed by atoms with van der Waals surface area (Å²) < 4.78 is 7.23. The van der Waals surface area contributed by atoms with Crippen LogP contribution in [0.5, 0.6) is 0 Å². The van der Waals surface area contributed by atoms with Crippen LogP contribution in [0.2, 0.25) is 0 Å². The lowest BCUT2D eigenvalue weighted by atomic mass is 9.73. The highest BCUT2D eigenvalue weighted by atomic mass is 16.5. The molecule has 2 N–H and O–H groups in total. The Labute approximate surface area is 208 Å². The summed E-state index contributed by atoms with van der Waals surface area (Å²) in [4.78, 5) is 31.6. The van der Waals surface area contributed by atoms with Gasteiger partial charge in [0.25, 0.3) is 5.89 Å². The van der Waals surface area contributed by atoms with Crippen LogP contribution >= 0.6 is 0 Å². The van der Waals surface area contributed by atoms with E-state index < -0.39 is 5.41 Å². The number of nitrogens with two attached hydrogens (primary N) is 1. The first-order valence-corrected chi connectivity index (χ1v) is 11.9. The zero-order chi connectivity index (χ0) is 25.4. The van der Waals surface area contributed by atoms with Crippen molar-refractivity contribution < 1.29 is 9.32 Å². The van der Waals surface area contributed by atoms with Crippen molar-refractivity contribution in [1.82, 2.24) is 39.8 Å².